The molecule has 2 aromatic carbocycles. The van der Waals surface area contributed by atoms with Gasteiger partial charge in [-0.15, -0.1) is 0 Å². The standard InChI is InChI=1S/C22H25NO6/c1-15(23-18(20(24)25)13-12-16-8-4-2-5-9-16)22(28)29-19(21(26)27)14-17-10-6-3-7-11-17/h2-11,15,18-19,23H,12-14H2,1H3,(H,24,25)(H,26,27)/t15-,18-,19-/m0/s1. The minimum absolute atomic E-state index is 0.0327. The maximum absolute atomic E-state index is 12.3. The van der Waals surface area contributed by atoms with E-state index in [0.717, 1.165) is 11.1 Å². The first-order valence-corrected chi connectivity index (χ1v) is 9.37. The number of carboxylic acids is 2. The molecular formula is C22H25NO6. The van der Waals surface area contributed by atoms with E-state index in [1.165, 1.54) is 6.92 Å². The molecule has 0 saturated heterocycles. The quantitative estimate of drug-likeness (QED) is 0.497. The summed E-state index contributed by atoms with van der Waals surface area (Å²) in [4.78, 5) is 35.3. The predicted molar refractivity (Wildman–Crippen MR) is 106 cm³/mol. The van der Waals surface area contributed by atoms with Crippen molar-refractivity contribution in [1.29, 1.82) is 0 Å². The molecule has 3 atom stereocenters. The molecule has 7 nitrogen and oxygen atoms in total. The molecule has 0 radical (unpaired) electrons. The van der Waals surface area contributed by atoms with Crippen LogP contribution in [-0.4, -0.2) is 46.3 Å². The summed E-state index contributed by atoms with van der Waals surface area (Å²) < 4.78 is 5.13. The number of hydrogen-bond donors (Lipinski definition) is 3. The number of carboxylic acid groups (broad SMARTS) is 2. The maximum Gasteiger partial charge on any atom is 0.345 e. The summed E-state index contributed by atoms with van der Waals surface area (Å²) >= 11 is 0. The monoisotopic (exact) mass is 399 g/mol. The summed E-state index contributed by atoms with van der Waals surface area (Å²) in [7, 11) is 0. The van der Waals surface area contributed by atoms with Crippen LogP contribution in [0.15, 0.2) is 60.7 Å². The van der Waals surface area contributed by atoms with Gasteiger partial charge in [-0.1, -0.05) is 60.7 Å². The van der Waals surface area contributed by atoms with Crippen molar-refractivity contribution < 1.29 is 29.3 Å². The average Bonchev–Trinajstić information content (AvgIpc) is 2.71. The van der Waals surface area contributed by atoms with Crippen molar-refractivity contribution in [3.05, 3.63) is 71.8 Å². The van der Waals surface area contributed by atoms with Gasteiger partial charge in [0.1, 0.15) is 12.1 Å². The van der Waals surface area contributed by atoms with Crippen molar-refractivity contribution in [3.8, 4) is 0 Å². The maximum atomic E-state index is 12.3. The Morgan fingerprint density at radius 2 is 1.45 bits per heavy atom. The Labute approximate surface area is 169 Å². The Hall–Kier alpha value is -3.19. The van der Waals surface area contributed by atoms with Crippen LogP contribution in [0.4, 0.5) is 0 Å². The normalized spacial score (nSPS) is 13.8. The Morgan fingerprint density at radius 1 is 0.897 bits per heavy atom. The van der Waals surface area contributed by atoms with Crippen LogP contribution in [0.5, 0.6) is 0 Å². The van der Waals surface area contributed by atoms with Crippen LogP contribution in [0.2, 0.25) is 0 Å². The first-order chi connectivity index (χ1) is 13.9. The molecule has 0 fully saturated rings. The van der Waals surface area contributed by atoms with Crippen LogP contribution in [0.1, 0.15) is 24.5 Å². The predicted octanol–water partition coefficient (Wildman–Crippen LogP) is 2.29. The SMILES string of the molecule is C[C@H](N[C@@H](CCc1ccccc1)C(=O)O)C(=O)O[C@@H](Cc1ccccc1)C(=O)O. The van der Waals surface area contributed by atoms with Crippen molar-refractivity contribution in [2.45, 2.75) is 44.4 Å². The molecule has 0 amide bonds. The second-order valence-electron chi connectivity index (χ2n) is 6.76. The number of carbonyl (C=O) groups is 3. The van der Waals surface area contributed by atoms with Gasteiger partial charge in [0.15, 0.2) is 0 Å². The summed E-state index contributed by atoms with van der Waals surface area (Å²) in [6.07, 6.45) is -0.506. The second kappa shape index (κ2) is 11.0. The zero-order chi connectivity index (χ0) is 21.2. The van der Waals surface area contributed by atoms with E-state index < -0.39 is 36.1 Å². The van der Waals surface area contributed by atoms with Gasteiger partial charge >= 0.3 is 17.9 Å². The number of ether oxygens (including phenoxy) is 1. The summed E-state index contributed by atoms with van der Waals surface area (Å²) in [5, 5.41) is 21.5. The molecule has 3 N–H and O–H groups in total. The van der Waals surface area contributed by atoms with Crippen molar-refractivity contribution in [1.82, 2.24) is 5.32 Å². The molecule has 2 aromatic rings. The fourth-order valence-corrected chi connectivity index (χ4v) is 2.85. The molecule has 0 bridgehead atoms. The van der Waals surface area contributed by atoms with Crippen molar-refractivity contribution in [2.24, 2.45) is 0 Å². The lowest BCUT2D eigenvalue weighted by Crippen LogP contribution is -2.47. The number of carbonyl (C=O) groups excluding carboxylic acids is 1. The van der Waals surface area contributed by atoms with E-state index in [1.807, 2.05) is 30.3 Å². The molecule has 154 valence electrons. The number of aryl methyl sites for hydroxylation is 1. The zero-order valence-corrected chi connectivity index (χ0v) is 16.2. The third-order valence-electron chi connectivity index (χ3n) is 4.47. The van der Waals surface area contributed by atoms with Gasteiger partial charge in [0.2, 0.25) is 6.10 Å². The van der Waals surface area contributed by atoms with Gasteiger partial charge in [-0.05, 0) is 30.9 Å². The molecule has 0 saturated carbocycles. The van der Waals surface area contributed by atoms with Crippen LogP contribution < -0.4 is 5.32 Å². The minimum atomic E-state index is -1.35. The highest BCUT2D eigenvalue weighted by molar-refractivity contribution is 5.82. The van der Waals surface area contributed by atoms with Gasteiger partial charge in [0.05, 0.1) is 0 Å². The third kappa shape index (κ3) is 7.38. The Balaban J connectivity index is 1.93. The second-order valence-corrected chi connectivity index (χ2v) is 6.76. The summed E-state index contributed by atoms with van der Waals surface area (Å²) in [5.74, 6) is -3.15. The minimum Gasteiger partial charge on any atom is -0.480 e. The molecule has 0 heterocycles. The largest absolute Gasteiger partial charge is 0.480 e. The van der Waals surface area contributed by atoms with Gasteiger partial charge in [0, 0.05) is 6.42 Å². The topological polar surface area (TPSA) is 113 Å². The van der Waals surface area contributed by atoms with Crippen molar-refractivity contribution in [2.75, 3.05) is 0 Å². The molecule has 29 heavy (non-hydrogen) atoms. The van der Waals surface area contributed by atoms with Crippen LogP contribution in [0.25, 0.3) is 0 Å². The van der Waals surface area contributed by atoms with Crippen molar-refractivity contribution >= 4 is 17.9 Å². The van der Waals surface area contributed by atoms with Gasteiger partial charge in [-0.2, -0.15) is 0 Å². The third-order valence-corrected chi connectivity index (χ3v) is 4.47. The Bertz CT molecular complexity index is 809. The highest BCUT2D eigenvalue weighted by Crippen LogP contribution is 2.10. The zero-order valence-electron chi connectivity index (χ0n) is 16.2. The molecule has 0 spiro atoms. The molecule has 0 aliphatic heterocycles. The van der Waals surface area contributed by atoms with Crippen LogP contribution in [-0.2, 0) is 32.0 Å². The average molecular weight is 399 g/mol. The number of hydrogen-bond acceptors (Lipinski definition) is 5. The first-order valence-electron chi connectivity index (χ1n) is 9.37. The van der Waals surface area contributed by atoms with Gasteiger partial charge < -0.3 is 14.9 Å². The van der Waals surface area contributed by atoms with Crippen LogP contribution in [0, 0.1) is 0 Å². The summed E-state index contributed by atoms with van der Waals surface area (Å²) in [6, 6.07) is 16.3. The van der Waals surface area contributed by atoms with Crippen LogP contribution >= 0.6 is 0 Å². The fourth-order valence-electron chi connectivity index (χ4n) is 2.85. The highest BCUT2D eigenvalue weighted by Gasteiger charge is 2.28. The first kappa shape index (κ1) is 22.1. The van der Waals surface area contributed by atoms with E-state index in [-0.39, 0.29) is 12.8 Å². The lowest BCUT2D eigenvalue weighted by atomic mass is 10.0. The number of benzene rings is 2. The molecule has 7 heteroatoms. The lowest BCUT2D eigenvalue weighted by molar-refractivity contribution is -0.165. The molecule has 0 aromatic heterocycles. The molecule has 0 unspecified atom stereocenters. The van der Waals surface area contributed by atoms with Crippen molar-refractivity contribution in [3.63, 3.8) is 0 Å². The lowest BCUT2D eigenvalue weighted by Gasteiger charge is -2.21. The van der Waals surface area contributed by atoms with E-state index in [9.17, 15) is 24.6 Å². The fraction of sp³-hybridized carbons (Fsp3) is 0.318. The van der Waals surface area contributed by atoms with E-state index in [1.54, 1.807) is 30.3 Å². The van der Waals surface area contributed by atoms with Crippen LogP contribution in [0.3, 0.4) is 0 Å². The number of nitrogens with one attached hydrogen (secondary N) is 1. The van der Waals surface area contributed by atoms with E-state index in [4.69, 9.17) is 4.74 Å². The molecule has 0 aliphatic rings. The van der Waals surface area contributed by atoms with E-state index in [2.05, 4.69) is 5.32 Å². The van der Waals surface area contributed by atoms with E-state index >= 15 is 0 Å². The van der Waals surface area contributed by atoms with Gasteiger partial charge in [0.25, 0.3) is 0 Å². The smallest absolute Gasteiger partial charge is 0.345 e. The summed E-state index contributed by atoms with van der Waals surface area (Å²) in [5.41, 5.74) is 1.71. The van der Waals surface area contributed by atoms with Gasteiger partial charge in [-0.3, -0.25) is 14.9 Å². The van der Waals surface area contributed by atoms with Gasteiger partial charge in [-0.25, -0.2) is 4.79 Å². The molecular weight excluding hydrogens is 374 g/mol. The van der Waals surface area contributed by atoms with E-state index in [0.29, 0.717) is 6.42 Å². The Morgan fingerprint density at radius 3 is 1.97 bits per heavy atom. The molecule has 2 rings (SSSR count). The summed E-state index contributed by atoms with van der Waals surface area (Å²) in [6.45, 7) is 1.46. The molecule has 0 aliphatic carbocycles. The number of esters is 1. The Kier molecular flexibility index (Phi) is 8.36. The number of aliphatic carboxylic acids is 2. The highest BCUT2D eigenvalue weighted by atomic mass is 16.6. The number of rotatable bonds is 11.